The monoisotopic (exact) mass is 404 g/mol. The van der Waals surface area contributed by atoms with Crippen LogP contribution < -0.4 is 10.2 Å². The summed E-state index contributed by atoms with van der Waals surface area (Å²) in [4.78, 5) is 32.4. The summed E-state index contributed by atoms with van der Waals surface area (Å²) in [6, 6.07) is 5.50. The van der Waals surface area contributed by atoms with E-state index in [1.54, 1.807) is 19.9 Å². The van der Waals surface area contributed by atoms with Crippen molar-refractivity contribution in [3.63, 3.8) is 0 Å². The van der Waals surface area contributed by atoms with E-state index in [4.69, 9.17) is 16.3 Å². The lowest BCUT2D eigenvalue weighted by atomic mass is 10.1. The molecule has 0 atom stereocenters. The molecule has 1 aromatic carbocycles. The van der Waals surface area contributed by atoms with Gasteiger partial charge in [0.2, 0.25) is 0 Å². The Morgan fingerprint density at radius 1 is 1.18 bits per heavy atom. The van der Waals surface area contributed by atoms with Crippen LogP contribution in [0.15, 0.2) is 18.2 Å². The second-order valence-corrected chi connectivity index (χ2v) is 7.46. The Labute approximate surface area is 169 Å². The Morgan fingerprint density at radius 3 is 2.50 bits per heavy atom. The number of halogens is 1. The maximum Gasteiger partial charge on any atom is 0.339 e. The molecule has 28 heavy (non-hydrogen) atoms. The number of likely N-dealkylation sites (N-methyl/N-ethyl adjacent to an activating group) is 1. The summed E-state index contributed by atoms with van der Waals surface area (Å²) in [5, 5.41) is 3.50. The fraction of sp³-hybridized carbons (Fsp3) is 0.400. The number of anilines is 2. The molecule has 0 aliphatic carbocycles. The number of rotatable bonds is 4. The number of nitrogens with zero attached hydrogens (tertiary/aromatic N) is 2. The maximum absolute atomic E-state index is 12.9. The zero-order valence-corrected chi connectivity index (χ0v) is 17.3. The lowest BCUT2D eigenvalue weighted by Gasteiger charge is -2.35. The highest BCUT2D eigenvalue weighted by Gasteiger charge is 2.24. The summed E-state index contributed by atoms with van der Waals surface area (Å²) in [6.07, 6.45) is 0. The molecule has 3 rings (SSSR count). The van der Waals surface area contributed by atoms with E-state index in [2.05, 4.69) is 27.1 Å². The number of esters is 1. The summed E-state index contributed by atoms with van der Waals surface area (Å²) >= 11 is 6.18. The van der Waals surface area contributed by atoms with E-state index < -0.39 is 5.97 Å². The molecule has 0 radical (unpaired) electrons. The van der Waals surface area contributed by atoms with Crippen molar-refractivity contribution in [2.24, 2.45) is 0 Å². The fourth-order valence-corrected chi connectivity index (χ4v) is 3.67. The molecule has 2 aromatic rings. The van der Waals surface area contributed by atoms with Crippen molar-refractivity contribution in [1.82, 2.24) is 9.88 Å². The van der Waals surface area contributed by atoms with Gasteiger partial charge in [-0.25, -0.2) is 4.79 Å². The van der Waals surface area contributed by atoms with Gasteiger partial charge >= 0.3 is 5.97 Å². The van der Waals surface area contributed by atoms with Gasteiger partial charge in [0.1, 0.15) is 5.69 Å². The fourth-order valence-electron chi connectivity index (χ4n) is 3.50. The number of ether oxygens (including phenoxy) is 1. The topological polar surface area (TPSA) is 77.7 Å². The number of aromatic nitrogens is 1. The molecule has 0 bridgehead atoms. The van der Waals surface area contributed by atoms with Gasteiger partial charge in [-0.2, -0.15) is 0 Å². The minimum atomic E-state index is -0.466. The van der Waals surface area contributed by atoms with Crippen LogP contribution in [-0.2, 0) is 4.74 Å². The number of piperazine rings is 1. The number of hydrogen-bond acceptors (Lipinski definition) is 5. The van der Waals surface area contributed by atoms with Crippen LogP contribution in [0.3, 0.4) is 0 Å². The molecule has 2 N–H and O–H groups in total. The third-order valence-electron chi connectivity index (χ3n) is 5.10. The predicted octanol–water partition coefficient (Wildman–Crippen LogP) is 3.08. The van der Waals surface area contributed by atoms with Gasteiger partial charge in [-0.15, -0.1) is 0 Å². The van der Waals surface area contributed by atoms with Gasteiger partial charge in [0.15, 0.2) is 0 Å². The third kappa shape index (κ3) is 4.00. The van der Waals surface area contributed by atoms with E-state index in [9.17, 15) is 9.59 Å². The van der Waals surface area contributed by atoms with Gasteiger partial charge in [0.25, 0.3) is 5.91 Å². The Balaban J connectivity index is 1.89. The molecule has 1 fully saturated rings. The van der Waals surface area contributed by atoms with Crippen molar-refractivity contribution in [3.05, 3.63) is 45.7 Å². The lowest BCUT2D eigenvalue weighted by Crippen LogP contribution is -2.44. The van der Waals surface area contributed by atoms with E-state index in [1.165, 1.54) is 7.11 Å². The first-order valence-corrected chi connectivity index (χ1v) is 9.51. The van der Waals surface area contributed by atoms with E-state index in [1.807, 2.05) is 12.1 Å². The van der Waals surface area contributed by atoms with Gasteiger partial charge in [-0.1, -0.05) is 11.6 Å². The molecule has 1 saturated heterocycles. The van der Waals surface area contributed by atoms with Crippen LogP contribution in [0.1, 0.15) is 32.1 Å². The summed E-state index contributed by atoms with van der Waals surface area (Å²) in [7, 11) is 3.42. The summed E-state index contributed by atoms with van der Waals surface area (Å²) in [5.74, 6) is -0.792. The van der Waals surface area contributed by atoms with E-state index in [0.717, 1.165) is 31.9 Å². The third-order valence-corrected chi connectivity index (χ3v) is 5.34. The molecule has 0 spiro atoms. The van der Waals surface area contributed by atoms with Crippen molar-refractivity contribution < 1.29 is 14.3 Å². The van der Waals surface area contributed by atoms with Crippen molar-refractivity contribution in [3.8, 4) is 0 Å². The average Bonchev–Trinajstić information content (AvgIpc) is 2.96. The predicted molar refractivity (Wildman–Crippen MR) is 111 cm³/mol. The molecule has 1 amide bonds. The maximum atomic E-state index is 12.9. The highest BCUT2D eigenvalue weighted by molar-refractivity contribution is 6.31. The first kappa shape index (κ1) is 20.2. The Hall–Kier alpha value is -2.51. The molecule has 1 aromatic heterocycles. The number of nitrogens with one attached hydrogen (secondary N) is 2. The number of amides is 1. The standard InChI is InChI=1S/C20H25ClN4O3/c1-12-17(20(27)28-4)13(2)22-18(12)19(26)23-15-11-14(21)5-6-16(15)25-9-7-24(3)8-10-25/h5-6,11,22H,7-10H2,1-4H3,(H,23,26). The Kier molecular flexibility index (Phi) is 5.96. The summed E-state index contributed by atoms with van der Waals surface area (Å²) in [6.45, 7) is 7.11. The molecular weight excluding hydrogens is 380 g/mol. The molecule has 1 aliphatic heterocycles. The van der Waals surface area contributed by atoms with Crippen molar-refractivity contribution >= 4 is 34.9 Å². The quantitative estimate of drug-likeness (QED) is 0.766. The average molecular weight is 405 g/mol. The number of carbonyl (C=O) groups is 2. The van der Waals surface area contributed by atoms with Crippen LogP contribution in [0.5, 0.6) is 0 Å². The van der Waals surface area contributed by atoms with Crippen LogP contribution in [0.2, 0.25) is 5.02 Å². The number of methoxy groups -OCH3 is 1. The number of aryl methyl sites for hydroxylation is 1. The molecular formula is C20H25ClN4O3. The van der Waals surface area contributed by atoms with Crippen LogP contribution in [0.25, 0.3) is 0 Å². The smallest absolute Gasteiger partial charge is 0.339 e. The number of benzene rings is 1. The molecule has 150 valence electrons. The molecule has 7 nitrogen and oxygen atoms in total. The lowest BCUT2D eigenvalue weighted by molar-refractivity contribution is 0.0599. The van der Waals surface area contributed by atoms with Gasteiger partial charge in [-0.05, 0) is 44.7 Å². The molecule has 2 heterocycles. The second-order valence-electron chi connectivity index (χ2n) is 7.02. The zero-order chi connectivity index (χ0) is 20.4. The summed E-state index contributed by atoms with van der Waals surface area (Å²) < 4.78 is 4.81. The number of carbonyl (C=O) groups excluding carboxylic acids is 2. The molecule has 0 saturated carbocycles. The van der Waals surface area contributed by atoms with Gasteiger partial charge in [-0.3, -0.25) is 4.79 Å². The Bertz CT molecular complexity index is 901. The van der Waals surface area contributed by atoms with E-state index in [0.29, 0.717) is 33.2 Å². The van der Waals surface area contributed by atoms with Crippen LogP contribution in [0, 0.1) is 13.8 Å². The second kappa shape index (κ2) is 8.24. The van der Waals surface area contributed by atoms with E-state index in [-0.39, 0.29) is 5.91 Å². The number of hydrogen-bond donors (Lipinski definition) is 2. The minimum Gasteiger partial charge on any atom is -0.465 e. The molecule has 1 aliphatic rings. The van der Waals surface area contributed by atoms with Gasteiger partial charge in [0.05, 0.1) is 24.0 Å². The largest absolute Gasteiger partial charge is 0.465 e. The Morgan fingerprint density at radius 2 is 1.86 bits per heavy atom. The van der Waals surface area contributed by atoms with Crippen LogP contribution in [0.4, 0.5) is 11.4 Å². The van der Waals surface area contributed by atoms with Crippen molar-refractivity contribution in [2.75, 3.05) is 50.6 Å². The highest BCUT2D eigenvalue weighted by atomic mass is 35.5. The molecule has 8 heteroatoms. The van der Waals surface area contributed by atoms with Crippen molar-refractivity contribution in [2.45, 2.75) is 13.8 Å². The van der Waals surface area contributed by atoms with Gasteiger partial charge in [0, 0.05) is 36.9 Å². The van der Waals surface area contributed by atoms with E-state index >= 15 is 0 Å². The number of H-pyrrole nitrogens is 1. The van der Waals surface area contributed by atoms with Crippen LogP contribution in [-0.4, -0.2) is 62.1 Å². The normalized spacial score (nSPS) is 14.8. The van der Waals surface area contributed by atoms with Gasteiger partial charge < -0.3 is 24.8 Å². The first-order chi connectivity index (χ1) is 13.3. The summed E-state index contributed by atoms with van der Waals surface area (Å²) in [5.41, 5.74) is 3.46. The SMILES string of the molecule is COC(=O)c1c(C)[nH]c(C(=O)Nc2cc(Cl)ccc2N2CCN(C)CC2)c1C. The van der Waals surface area contributed by atoms with Crippen molar-refractivity contribution in [1.29, 1.82) is 0 Å². The first-order valence-electron chi connectivity index (χ1n) is 9.13. The molecule has 0 unspecified atom stereocenters. The highest BCUT2D eigenvalue weighted by Crippen LogP contribution is 2.31. The zero-order valence-electron chi connectivity index (χ0n) is 16.6. The number of aromatic amines is 1. The minimum absolute atomic E-state index is 0.326. The van der Waals surface area contributed by atoms with Crippen LogP contribution >= 0.6 is 11.6 Å².